The molecule has 2 heterocycles. The SMILES string of the molecule is COc1ccc(OC)c([C@H]2CCC[NH+]2Cc2cc3c(cc2O)OCO3)c1. The summed E-state index contributed by atoms with van der Waals surface area (Å²) in [6.45, 7) is 1.96. The second-order valence-corrected chi connectivity index (χ2v) is 6.72. The molecule has 1 fully saturated rings. The van der Waals surface area contributed by atoms with Crippen molar-refractivity contribution in [3.8, 4) is 28.7 Å². The van der Waals surface area contributed by atoms with E-state index in [-0.39, 0.29) is 12.5 Å². The van der Waals surface area contributed by atoms with Crippen LogP contribution in [0.2, 0.25) is 0 Å². The summed E-state index contributed by atoms with van der Waals surface area (Å²) in [6, 6.07) is 9.78. The molecule has 6 nitrogen and oxygen atoms in total. The number of phenols is 1. The second kappa shape index (κ2) is 6.96. The monoisotopic (exact) mass is 358 g/mol. The summed E-state index contributed by atoms with van der Waals surface area (Å²) in [7, 11) is 3.37. The zero-order valence-corrected chi connectivity index (χ0v) is 15.1. The smallest absolute Gasteiger partial charge is 0.231 e. The molecule has 2 aliphatic rings. The number of nitrogens with one attached hydrogen (secondary N) is 1. The zero-order valence-electron chi connectivity index (χ0n) is 15.1. The van der Waals surface area contributed by atoms with Gasteiger partial charge in [0, 0.05) is 18.9 Å². The second-order valence-electron chi connectivity index (χ2n) is 6.72. The number of rotatable bonds is 5. The van der Waals surface area contributed by atoms with Crippen molar-refractivity contribution in [1.29, 1.82) is 0 Å². The minimum atomic E-state index is 0.207. The number of fused-ring (bicyclic) bond motifs is 1. The Morgan fingerprint density at radius 3 is 2.69 bits per heavy atom. The first kappa shape index (κ1) is 16.8. The molecule has 0 bridgehead atoms. The Kier molecular flexibility index (Phi) is 4.51. The van der Waals surface area contributed by atoms with Gasteiger partial charge >= 0.3 is 0 Å². The first-order valence-electron chi connectivity index (χ1n) is 8.87. The average molecular weight is 358 g/mol. The predicted molar refractivity (Wildman–Crippen MR) is 95.3 cm³/mol. The fraction of sp³-hybridized carbons (Fsp3) is 0.400. The van der Waals surface area contributed by atoms with Crippen LogP contribution in [-0.4, -0.2) is 32.7 Å². The minimum Gasteiger partial charge on any atom is -0.507 e. The van der Waals surface area contributed by atoms with Crippen LogP contribution in [0.4, 0.5) is 0 Å². The molecular weight excluding hydrogens is 334 g/mol. The number of benzene rings is 2. The Bertz CT molecular complexity index is 807. The van der Waals surface area contributed by atoms with Crippen LogP contribution in [0.1, 0.15) is 30.0 Å². The van der Waals surface area contributed by atoms with Crippen molar-refractivity contribution in [2.45, 2.75) is 25.4 Å². The van der Waals surface area contributed by atoms with Crippen LogP contribution in [0.15, 0.2) is 30.3 Å². The van der Waals surface area contributed by atoms with Gasteiger partial charge in [-0.25, -0.2) is 0 Å². The van der Waals surface area contributed by atoms with Crippen LogP contribution in [0.3, 0.4) is 0 Å². The van der Waals surface area contributed by atoms with Crippen LogP contribution in [0.5, 0.6) is 28.7 Å². The number of hydrogen-bond donors (Lipinski definition) is 2. The molecule has 0 saturated carbocycles. The molecule has 6 heteroatoms. The van der Waals surface area contributed by atoms with Gasteiger partial charge in [-0.1, -0.05) is 0 Å². The van der Waals surface area contributed by atoms with Gasteiger partial charge in [0.05, 0.1) is 31.9 Å². The maximum atomic E-state index is 10.4. The van der Waals surface area contributed by atoms with E-state index in [2.05, 4.69) is 6.07 Å². The maximum Gasteiger partial charge on any atom is 0.231 e. The van der Waals surface area contributed by atoms with Gasteiger partial charge in [0.15, 0.2) is 11.5 Å². The Morgan fingerprint density at radius 2 is 1.92 bits per heavy atom. The Morgan fingerprint density at radius 1 is 1.12 bits per heavy atom. The standard InChI is InChI=1S/C20H23NO5/c1-23-14-5-6-18(24-2)15(9-14)16-4-3-7-21(16)11-13-8-19-20(10-17(13)22)26-12-25-19/h5-6,8-10,16,22H,3-4,7,11-12H2,1-2H3/p+1/t16-/m1/s1. The van der Waals surface area contributed by atoms with E-state index in [1.165, 1.54) is 4.90 Å². The van der Waals surface area contributed by atoms with Crippen LogP contribution in [0, 0.1) is 0 Å². The van der Waals surface area contributed by atoms with E-state index >= 15 is 0 Å². The molecule has 0 aliphatic carbocycles. The quantitative estimate of drug-likeness (QED) is 0.857. The third-order valence-electron chi connectivity index (χ3n) is 5.29. The van der Waals surface area contributed by atoms with Gasteiger partial charge in [0.2, 0.25) is 6.79 Å². The van der Waals surface area contributed by atoms with Crippen molar-refractivity contribution in [3.05, 3.63) is 41.5 Å². The van der Waals surface area contributed by atoms with Crippen molar-refractivity contribution < 1.29 is 29.0 Å². The molecule has 0 amide bonds. The normalized spacial score (nSPS) is 21.0. The Labute approximate surface area is 152 Å². The van der Waals surface area contributed by atoms with Crippen LogP contribution in [-0.2, 0) is 6.54 Å². The fourth-order valence-electron chi connectivity index (χ4n) is 3.97. The van der Waals surface area contributed by atoms with Gasteiger partial charge in [0.25, 0.3) is 0 Å². The maximum absolute atomic E-state index is 10.4. The summed E-state index contributed by atoms with van der Waals surface area (Å²) in [5, 5.41) is 10.4. The summed E-state index contributed by atoms with van der Waals surface area (Å²) < 4.78 is 21.8. The van der Waals surface area contributed by atoms with Gasteiger partial charge in [-0.15, -0.1) is 0 Å². The molecule has 2 atom stereocenters. The van der Waals surface area contributed by atoms with Crippen molar-refractivity contribution in [2.75, 3.05) is 27.6 Å². The van der Waals surface area contributed by atoms with Gasteiger partial charge < -0.3 is 29.0 Å². The predicted octanol–water partition coefficient (Wildman–Crippen LogP) is 2.06. The highest BCUT2D eigenvalue weighted by atomic mass is 16.7. The third kappa shape index (κ3) is 3.01. The molecule has 2 aromatic carbocycles. The lowest BCUT2D eigenvalue weighted by atomic mass is 10.0. The Hall–Kier alpha value is -2.60. The molecule has 0 spiro atoms. The molecule has 2 aromatic rings. The number of ether oxygens (including phenoxy) is 4. The molecule has 0 aromatic heterocycles. The largest absolute Gasteiger partial charge is 0.507 e. The molecule has 4 rings (SSSR count). The summed E-state index contributed by atoms with van der Waals surface area (Å²) in [6.07, 6.45) is 2.20. The molecule has 2 aliphatic heterocycles. The minimum absolute atomic E-state index is 0.207. The number of aromatic hydroxyl groups is 1. The highest BCUT2D eigenvalue weighted by Gasteiger charge is 2.33. The molecule has 2 N–H and O–H groups in total. The van der Waals surface area contributed by atoms with Crippen LogP contribution >= 0.6 is 0 Å². The van der Waals surface area contributed by atoms with E-state index in [1.54, 1.807) is 20.3 Å². The van der Waals surface area contributed by atoms with E-state index < -0.39 is 0 Å². The molecule has 1 saturated heterocycles. The number of hydrogen-bond acceptors (Lipinski definition) is 5. The molecule has 0 radical (unpaired) electrons. The van der Waals surface area contributed by atoms with Crippen molar-refractivity contribution in [3.63, 3.8) is 0 Å². The Balaban J connectivity index is 1.62. The van der Waals surface area contributed by atoms with Crippen molar-refractivity contribution in [1.82, 2.24) is 0 Å². The van der Waals surface area contributed by atoms with Gasteiger partial charge in [-0.05, 0) is 24.3 Å². The summed E-state index contributed by atoms with van der Waals surface area (Å²) >= 11 is 0. The highest BCUT2D eigenvalue weighted by molar-refractivity contribution is 5.51. The number of phenolic OH excluding ortho intramolecular Hbond substituents is 1. The van der Waals surface area contributed by atoms with E-state index in [0.29, 0.717) is 24.1 Å². The topological polar surface area (TPSA) is 61.6 Å². The van der Waals surface area contributed by atoms with Crippen molar-refractivity contribution >= 4 is 0 Å². The van der Waals surface area contributed by atoms with E-state index in [1.807, 2.05) is 18.2 Å². The average Bonchev–Trinajstić information content (AvgIpc) is 3.30. The lowest BCUT2D eigenvalue weighted by molar-refractivity contribution is -0.932. The summed E-state index contributed by atoms with van der Waals surface area (Å²) in [5.74, 6) is 3.27. The summed E-state index contributed by atoms with van der Waals surface area (Å²) in [4.78, 5) is 1.39. The molecule has 138 valence electrons. The van der Waals surface area contributed by atoms with Crippen LogP contribution in [0.25, 0.3) is 0 Å². The zero-order chi connectivity index (χ0) is 18.1. The lowest BCUT2D eigenvalue weighted by Crippen LogP contribution is -3.08. The fourth-order valence-corrected chi connectivity index (χ4v) is 3.97. The van der Waals surface area contributed by atoms with Gasteiger partial charge in [-0.3, -0.25) is 0 Å². The summed E-state index contributed by atoms with van der Waals surface area (Å²) in [5.41, 5.74) is 2.03. The third-order valence-corrected chi connectivity index (χ3v) is 5.29. The van der Waals surface area contributed by atoms with E-state index in [4.69, 9.17) is 18.9 Å². The first-order chi connectivity index (χ1) is 12.7. The van der Waals surface area contributed by atoms with Crippen LogP contribution < -0.4 is 23.8 Å². The molecular formula is C20H24NO5+. The molecule has 1 unspecified atom stereocenters. The highest BCUT2D eigenvalue weighted by Crippen LogP contribution is 2.38. The molecule has 26 heavy (non-hydrogen) atoms. The van der Waals surface area contributed by atoms with Gasteiger partial charge in [-0.2, -0.15) is 0 Å². The van der Waals surface area contributed by atoms with Crippen molar-refractivity contribution in [2.24, 2.45) is 0 Å². The number of quaternary nitrogens is 1. The number of methoxy groups -OCH3 is 2. The van der Waals surface area contributed by atoms with E-state index in [0.717, 1.165) is 42.0 Å². The lowest BCUT2D eigenvalue weighted by Gasteiger charge is -2.24. The van der Waals surface area contributed by atoms with Gasteiger partial charge in [0.1, 0.15) is 29.8 Å². The van der Waals surface area contributed by atoms with E-state index in [9.17, 15) is 5.11 Å². The first-order valence-corrected chi connectivity index (χ1v) is 8.87. The number of likely N-dealkylation sites (tertiary alicyclic amines) is 1.